The van der Waals surface area contributed by atoms with Gasteiger partial charge in [-0.25, -0.2) is 0 Å². The highest BCUT2D eigenvalue weighted by molar-refractivity contribution is 5.92. The van der Waals surface area contributed by atoms with E-state index in [0.717, 1.165) is 17.4 Å². The second kappa shape index (κ2) is 5.05. The molecule has 0 aromatic heterocycles. The average molecular weight is 240 g/mol. The Balaban J connectivity index is 0.00000128. The monoisotopic (exact) mass is 239 g/mol. The van der Waals surface area contributed by atoms with Crippen LogP contribution in [0.5, 0.6) is 11.5 Å². The molecule has 3 nitrogen and oxygen atoms in total. The Morgan fingerprint density at radius 2 is 1.75 bits per heavy atom. The molecule has 0 saturated heterocycles. The van der Waals surface area contributed by atoms with Crippen molar-refractivity contribution in [1.29, 1.82) is 0 Å². The first kappa shape index (κ1) is 12.6. The van der Waals surface area contributed by atoms with Crippen molar-refractivity contribution in [3.8, 4) is 11.5 Å². The smallest absolute Gasteiger partial charge is 0.165 e. The molecule has 0 saturated carbocycles. The fourth-order valence-corrected chi connectivity index (χ4v) is 1.77. The molecule has 0 aliphatic heterocycles. The standard InChI is InChI=1S/C12H13NO2.ClH/c13-7-6-8-2-1-3-10-9(8)4-5-11(14)12(10)15;/h1-5,14-15H,6-7,13H2;1H. The molecule has 0 aliphatic carbocycles. The number of phenolic OH excluding ortho intramolecular Hbond substituents is 2. The van der Waals surface area contributed by atoms with Gasteiger partial charge in [0, 0.05) is 5.39 Å². The Labute approximate surface area is 99.9 Å². The van der Waals surface area contributed by atoms with Crippen LogP contribution in [0.4, 0.5) is 0 Å². The second-order valence-corrected chi connectivity index (χ2v) is 3.48. The van der Waals surface area contributed by atoms with Crippen LogP contribution in [0.2, 0.25) is 0 Å². The number of nitrogens with two attached hydrogens (primary N) is 1. The number of halogens is 1. The van der Waals surface area contributed by atoms with Crippen LogP contribution >= 0.6 is 12.4 Å². The summed E-state index contributed by atoms with van der Waals surface area (Å²) >= 11 is 0. The molecular weight excluding hydrogens is 226 g/mol. The number of phenols is 2. The SMILES string of the molecule is Cl.NCCc1cccc2c(O)c(O)ccc12. The summed E-state index contributed by atoms with van der Waals surface area (Å²) < 4.78 is 0. The number of aromatic hydroxyl groups is 2. The van der Waals surface area contributed by atoms with E-state index in [1.54, 1.807) is 12.1 Å². The molecule has 4 heteroatoms. The molecule has 0 aliphatic rings. The molecule has 86 valence electrons. The number of hydrogen-bond donors (Lipinski definition) is 3. The highest BCUT2D eigenvalue weighted by Crippen LogP contribution is 2.34. The van der Waals surface area contributed by atoms with Gasteiger partial charge in [-0.3, -0.25) is 0 Å². The van der Waals surface area contributed by atoms with E-state index in [-0.39, 0.29) is 23.9 Å². The lowest BCUT2D eigenvalue weighted by atomic mass is 10.0. The average Bonchev–Trinajstić information content (AvgIpc) is 2.25. The summed E-state index contributed by atoms with van der Waals surface area (Å²) in [5.74, 6) is -0.154. The molecule has 0 amide bonds. The van der Waals surface area contributed by atoms with E-state index in [2.05, 4.69) is 0 Å². The van der Waals surface area contributed by atoms with Gasteiger partial charge in [0.15, 0.2) is 11.5 Å². The molecule has 0 fully saturated rings. The molecule has 0 atom stereocenters. The van der Waals surface area contributed by atoms with Crippen LogP contribution in [-0.4, -0.2) is 16.8 Å². The van der Waals surface area contributed by atoms with Crippen molar-refractivity contribution in [2.45, 2.75) is 6.42 Å². The zero-order valence-electron chi connectivity index (χ0n) is 8.68. The van der Waals surface area contributed by atoms with E-state index in [0.29, 0.717) is 11.9 Å². The summed E-state index contributed by atoms with van der Waals surface area (Å²) in [4.78, 5) is 0. The number of benzene rings is 2. The maximum Gasteiger partial charge on any atom is 0.165 e. The minimum Gasteiger partial charge on any atom is -0.504 e. The number of fused-ring (bicyclic) bond motifs is 1. The molecular formula is C12H14ClNO2. The minimum absolute atomic E-state index is 0. The van der Waals surface area contributed by atoms with Gasteiger partial charge in [0.1, 0.15) is 0 Å². The summed E-state index contributed by atoms with van der Waals surface area (Å²) in [6.07, 6.45) is 0.765. The molecule has 0 radical (unpaired) electrons. The third-order valence-corrected chi connectivity index (χ3v) is 2.52. The van der Waals surface area contributed by atoms with Gasteiger partial charge in [0.2, 0.25) is 0 Å². The van der Waals surface area contributed by atoms with Crippen LogP contribution in [0, 0.1) is 0 Å². The predicted molar refractivity (Wildman–Crippen MR) is 67.3 cm³/mol. The van der Waals surface area contributed by atoms with Crippen LogP contribution in [0.3, 0.4) is 0 Å². The third kappa shape index (κ3) is 2.05. The molecule has 16 heavy (non-hydrogen) atoms. The van der Waals surface area contributed by atoms with Crippen LogP contribution in [-0.2, 0) is 6.42 Å². The number of rotatable bonds is 2. The molecule has 2 rings (SSSR count). The van der Waals surface area contributed by atoms with Crippen molar-refractivity contribution >= 4 is 23.2 Å². The van der Waals surface area contributed by atoms with Crippen molar-refractivity contribution in [3.63, 3.8) is 0 Å². The first-order chi connectivity index (χ1) is 7.24. The first-order valence-electron chi connectivity index (χ1n) is 4.86. The second-order valence-electron chi connectivity index (χ2n) is 3.48. The summed E-state index contributed by atoms with van der Waals surface area (Å²) in [6, 6.07) is 8.91. The summed E-state index contributed by atoms with van der Waals surface area (Å²) in [7, 11) is 0. The molecule has 0 spiro atoms. The Kier molecular flexibility index (Phi) is 3.99. The van der Waals surface area contributed by atoms with Crippen molar-refractivity contribution in [1.82, 2.24) is 0 Å². The third-order valence-electron chi connectivity index (χ3n) is 2.52. The highest BCUT2D eigenvalue weighted by Gasteiger charge is 2.07. The van der Waals surface area contributed by atoms with Crippen LogP contribution in [0.25, 0.3) is 10.8 Å². The van der Waals surface area contributed by atoms with Crippen molar-refractivity contribution in [3.05, 3.63) is 35.9 Å². The molecule has 0 bridgehead atoms. The van der Waals surface area contributed by atoms with Gasteiger partial charge in [0.05, 0.1) is 0 Å². The molecule has 2 aromatic rings. The number of hydrogen-bond acceptors (Lipinski definition) is 3. The van der Waals surface area contributed by atoms with Gasteiger partial charge >= 0.3 is 0 Å². The quantitative estimate of drug-likeness (QED) is 0.704. The van der Waals surface area contributed by atoms with Gasteiger partial charge < -0.3 is 15.9 Å². The van der Waals surface area contributed by atoms with Gasteiger partial charge in [-0.05, 0) is 30.0 Å². The van der Waals surface area contributed by atoms with Crippen LogP contribution < -0.4 is 5.73 Å². The Morgan fingerprint density at radius 1 is 1.00 bits per heavy atom. The van der Waals surface area contributed by atoms with E-state index >= 15 is 0 Å². The summed E-state index contributed by atoms with van der Waals surface area (Å²) in [5.41, 5.74) is 6.60. The highest BCUT2D eigenvalue weighted by atomic mass is 35.5. The van der Waals surface area contributed by atoms with E-state index in [9.17, 15) is 10.2 Å². The van der Waals surface area contributed by atoms with Gasteiger partial charge in [-0.1, -0.05) is 24.3 Å². The Morgan fingerprint density at radius 3 is 2.44 bits per heavy atom. The van der Waals surface area contributed by atoms with Crippen LogP contribution in [0.15, 0.2) is 30.3 Å². The Bertz CT molecular complexity index is 500. The topological polar surface area (TPSA) is 66.5 Å². The lowest BCUT2D eigenvalue weighted by Crippen LogP contribution is -2.02. The van der Waals surface area contributed by atoms with Crippen molar-refractivity contribution < 1.29 is 10.2 Å². The fourth-order valence-electron chi connectivity index (χ4n) is 1.77. The van der Waals surface area contributed by atoms with Gasteiger partial charge in [0.25, 0.3) is 0 Å². The van der Waals surface area contributed by atoms with E-state index < -0.39 is 0 Å². The maximum absolute atomic E-state index is 9.67. The van der Waals surface area contributed by atoms with E-state index in [1.807, 2.05) is 12.1 Å². The zero-order valence-corrected chi connectivity index (χ0v) is 9.50. The lowest BCUT2D eigenvalue weighted by Gasteiger charge is -2.07. The van der Waals surface area contributed by atoms with Crippen LogP contribution in [0.1, 0.15) is 5.56 Å². The normalized spacial score (nSPS) is 10.1. The van der Waals surface area contributed by atoms with Gasteiger partial charge in [-0.15, -0.1) is 12.4 Å². The maximum atomic E-state index is 9.67. The lowest BCUT2D eigenvalue weighted by molar-refractivity contribution is 0.408. The van der Waals surface area contributed by atoms with Gasteiger partial charge in [-0.2, -0.15) is 0 Å². The van der Waals surface area contributed by atoms with E-state index in [4.69, 9.17) is 5.73 Å². The van der Waals surface area contributed by atoms with Crippen molar-refractivity contribution in [2.75, 3.05) is 6.54 Å². The zero-order chi connectivity index (χ0) is 10.8. The van der Waals surface area contributed by atoms with Crippen molar-refractivity contribution in [2.24, 2.45) is 5.73 Å². The first-order valence-corrected chi connectivity index (χ1v) is 4.86. The molecule has 0 unspecified atom stereocenters. The summed E-state index contributed by atoms with van der Waals surface area (Å²) in [5, 5.41) is 20.6. The molecule has 4 N–H and O–H groups in total. The Hall–Kier alpha value is -1.45. The molecule has 2 aromatic carbocycles. The minimum atomic E-state index is -0.0904. The summed E-state index contributed by atoms with van der Waals surface area (Å²) in [6.45, 7) is 0.570. The predicted octanol–water partition coefficient (Wildman–Crippen LogP) is 2.17. The molecule has 0 heterocycles. The largest absolute Gasteiger partial charge is 0.504 e. The van der Waals surface area contributed by atoms with E-state index in [1.165, 1.54) is 6.07 Å². The fraction of sp³-hybridized carbons (Fsp3) is 0.167.